The highest BCUT2D eigenvalue weighted by molar-refractivity contribution is 5.41. The van der Waals surface area contributed by atoms with Crippen LogP contribution in [-0.2, 0) is 0 Å². The van der Waals surface area contributed by atoms with Crippen molar-refractivity contribution in [3.63, 3.8) is 0 Å². The average molecular weight is 169 g/mol. The van der Waals surface area contributed by atoms with E-state index in [2.05, 4.69) is 24.8 Å². The van der Waals surface area contributed by atoms with E-state index < -0.39 is 0 Å². The van der Waals surface area contributed by atoms with Gasteiger partial charge >= 0.3 is 0 Å². The molecule has 0 N–H and O–H groups in total. The van der Waals surface area contributed by atoms with Crippen molar-refractivity contribution in [3.05, 3.63) is 35.4 Å². The fourth-order valence-corrected chi connectivity index (χ4v) is 0.956. The fourth-order valence-electron chi connectivity index (χ4n) is 0.956. The third-order valence-corrected chi connectivity index (χ3v) is 1.60. The zero-order chi connectivity index (χ0) is 9.52. The second-order valence-electron chi connectivity index (χ2n) is 2.74. The predicted molar refractivity (Wildman–Crippen MR) is 52.9 cm³/mol. The van der Waals surface area contributed by atoms with Crippen LogP contribution in [0.4, 0.5) is 0 Å². The van der Waals surface area contributed by atoms with Crippen LogP contribution in [0.25, 0.3) is 0 Å². The Kier molecular flexibility index (Phi) is 3.61. The summed E-state index contributed by atoms with van der Waals surface area (Å²) in [7, 11) is 0. The maximum absolute atomic E-state index is 8.64. The van der Waals surface area contributed by atoms with Crippen LogP contribution in [0.5, 0.6) is 0 Å². The quantitative estimate of drug-likeness (QED) is 0.593. The van der Waals surface area contributed by atoms with Crippen molar-refractivity contribution in [2.24, 2.45) is 0 Å². The number of benzene rings is 1. The molecule has 0 fully saturated rings. The minimum Gasteiger partial charge on any atom is -0.192 e. The summed E-state index contributed by atoms with van der Waals surface area (Å²) >= 11 is 0. The average Bonchev–Trinajstić information content (AvgIpc) is 2.19. The van der Waals surface area contributed by atoms with E-state index in [1.165, 1.54) is 0 Å². The fraction of sp³-hybridized carbons (Fsp3) is 0.250. The lowest BCUT2D eigenvalue weighted by Gasteiger charge is -1.89. The first-order valence-corrected chi connectivity index (χ1v) is 4.36. The number of unbranched alkanes of at least 4 members (excludes halogenated alkanes) is 1. The summed E-state index contributed by atoms with van der Waals surface area (Å²) in [6.07, 6.45) is 1.99. The van der Waals surface area contributed by atoms with E-state index in [9.17, 15) is 0 Å². The standard InChI is InChI=1S/C12H11N/c1-2-3-4-6-11-7-5-8-12(9-11)10-13/h5,7-9H,2-3H2,1H3. The predicted octanol–water partition coefficient (Wildman–Crippen LogP) is 2.71. The molecule has 0 aliphatic carbocycles. The molecular weight excluding hydrogens is 158 g/mol. The minimum atomic E-state index is 0.670. The lowest BCUT2D eigenvalue weighted by atomic mass is 10.1. The van der Waals surface area contributed by atoms with Gasteiger partial charge < -0.3 is 0 Å². The van der Waals surface area contributed by atoms with E-state index in [1.807, 2.05) is 18.2 Å². The summed E-state index contributed by atoms with van der Waals surface area (Å²) < 4.78 is 0. The summed E-state index contributed by atoms with van der Waals surface area (Å²) in [6, 6.07) is 9.46. The van der Waals surface area contributed by atoms with Crippen molar-refractivity contribution < 1.29 is 0 Å². The van der Waals surface area contributed by atoms with Crippen molar-refractivity contribution in [3.8, 4) is 17.9 Å². The molecule has 0 radical (unpaired) electrons. The van der Waals surface area contributed by atoms with Crippen LogP contribution >= 0.6 is 0 Å². The van der Waals surface area contributed by atoms with Crippen molar-refractivity contribution >= 4 is 0 Å². The van der Waals surface area contributed by atoms with Crippen LogP contribution in [0.1, 0.15) is 30.9 Å². The van der Waals surface area contributed by atoms with E-state index in [1.54, 1.807) is 6.07 Å². The van der Waals surface area contributed by atoms with Crippen LogP contribution < -0.4 is 0 Å². The molecule has 0 saturated heterocycles. The lowest BCUT2D eigenvalue weighted by Crippen LogP contribution is -1.77. The Morgan fingerprint density at radius 3 is 2.77 bits per heavy atom. The molecular formula is C12H11N. The molecule has 64 valence electrons. The molecule has 1 aromatic rings. The van der Waals surface area contributed by atoms with Gasteiger partial charge in [-0.15, -0.1) is 0 Å². The molecule has 1 nitrogen and oxygen atoms in total. The molecule has 0 saturated carbocycles. The molecule has 0 bridgehead atoms. The van der Waals surface area contributed by atoms with Crippen LogP contribution in [0.2, 0.25) is 0 Å². The van der Waals surface area contributed by atoms with Crippen LogP contribution in [0.15, 0.2) is 24.3 Å². The van der Waals surface area contributed by atoms with Crippen molar-refractivity contribution in [2.45, 2.75) is 19.8 Å². The molecule has 0 aliphatic heterocycles. The Labute approximate surface area is 79.0 Å². The first kappa shape index (κ1) is 9.36. The van der Waals surface area contributed by atoms with Crippen LogP contribution in [0.3, 0.4) is 0 Å². The summed E-state index contributed by atoms with van der Waals surface area (Å²) in [6.45, 7) is 2.10. The Bertz CT molecular complexity index is 374. The summed E-state index contributed by atoms with van der Waals surface area (Å²) in [5.74, 6) is 6.06. The highest BCUT2D eigenvalue weighted by Gasteiger charge is 1.89. The van der Waals surface area contributed by atoms with E-state index in [0.29, 0.717) is 5.56 Å². The number of hydrogen-bond acceptors (Lipinski definition) is 1. The molecule has 1 heteroatoms. The zero-order valence-electron chi connectivity index (χ0n) is 7.67. The van der Waals surface area contributed by atoms with Gasteiger partial charge in [0.2, 0.25) is 0 Å². The van der Waals surface area contributed by atoms with E-state index in [0.717, 1.165) is 18.4 Å². The van der Waals surface area contributed by atoms with E-state index >= 15 is 0 Å². The molecule has 0 amide bonds. The van der Waals surface area contributed by atoms with Gasteiger partial charge in [0.05, 0.1) is 11.6 Å². The van der Waals surface area contributed by atoms with Gasteiger partial charge in [0.25, 0.3) is 0 Å². The Balaban J connectivity index is 2.81. The summed E-state index contributed by atoms with van der Waals surface area (Å²) in [5, 5.41) is 8.64. The summed E-state index contributed by atoms with van der Waals surface area (Å²) in [5.41, 5.74) is 1.59. The normalized spacial score (nSPS) is 8.31. The molecule has 0 spiro atoms. The van der Waals surface area contributed by atoms with Gasteiger partial charge in [-0.05, 0) is 24.6 Å². The smallest absolute Gasteiger partial charge is 0.0992 e. The molecule has 0 heterocycles. The van der Waals surface area contributed by atoms with E-state index in [4.69, 9.17) is 5.26 Å². The second-order valence-corrected chi connectivity index (χ2v) is 2.74. The molecule has 0 atom stereocenters. The largest absolute Gasteiger partial charge is 0.192 e. The Morgan fingerprint density at radius 2 is 2.08 bits per heavy atom. The van der Waals surface area contributed by atoms with E-state index in [-0.39, 0.29) is 0 Å². The molecule has 1 aromatic carbocycles. The second kappa shape index (κ2) is 5.01. The highest BCUT2D eigenvalue weighted by Crippen LogP contribution is 2.02. The molecule has 13 heavy (non-hydrogen) atoms. The minimum absolute atomic E-state index is 0.670. The maximum atomic E-state index is 8.64. The van der Waals surface area contributed by atoms with Crippen molar-refractivity contribution in [2.75, 3.05) is 0 Å². The Morgan fingerprint density at radius 1 is 1.31 bits per heavy atom. The third kappa shape index (κ3) is 3.01. The maximum Gasteiger partial charge on any atom is 0.0992 e. The van der Waals surface area contributed by atoms with Gasteiger partial charge in [-0.3, -0.25) is 0 Å². The van der Waals surface area contributed by atoms with Gasteiger partial charge in [-0.25, -0.2) is 0 Å². The van der Waals surface area contributed by atoms with Crippen LogP contribution in [0, 0.1) is 23.2 Å². The Hall–Kier alpha value is -1.73. The van der Waals surface area contributed by atoms with Crippen molar-refractivity contribution in [1.29, 1.82) is 5.26 Å². The molecule has 0 aromatic heterocycles. The molecule has 1 rings (SSSR count). The number of nitrogens with zero attached hydrogens (tertiary/aromatic N) is 1. The van der Waals surface area contributed by atoms with Gasteiger partial charge in [0.15, 0.2) is 0 Å². The van der Waals surface area contributed by atoms with Gasteiger partial charge in [-0.1, -0.05) is 24.8 Å². The number of hydrogen-bond donors (Lipinski definition) is 0. The third-order valence-electron chi connectivity index (χ3n) is 1.60. The number of rotatable bonds is 1. The highest BCUT2D eigenvalue weighted by atomic mass is 14.2. The molecule has 0 aliphatic rings. The SMILES string of the molecule is CCCC#Cc1cccc(C#N)c1. The topological polar surface area (TPSA) is 23.8 Å². The van der Waals surface area contributed by atoms with Crippen molar-refractivity contribution in [1.82, 2.24) is 0 Å². The van der Waals surface area contributed by atoms with Crippen LogP contribution in [-0.4, -0.2) is 0 Å². The van der Waals surface area contributed by atoms with Gasteiger partial charge in [-0.2, -0.15) is 5.26 Å². The molecule has 0 unspecified atom stereocenters. The monoisotopic (exact) mass is 169 g/mol. The van der Waals surface area contributed by atoms with Gasteiger partial charge in [0.1, 0.15) is 0 Å². The first-order valence-electron chi connectivity index (χ1n) is 4.36. The van der Waals surface area contributed by atoms with Gasteiger partial charge in [0, 0.05) is 12.0 Å². The zero-order valence-corrected chi connectivity index (χ0v) is 7.67. The number of nitriles is 1. The summed E-state index contributed by atoms with van der Waals surface area (Å²) in [4.78, 5) is 0. The lowest BCUT2D eigenvalue weighted by molar-refractivity contribution is 0.983. The first-order chi connectivity index (χ1) is 6.36.